The van der Waals surface area contributed by atoms with Gasteiger partial charge >= 0.3 is 0 Å². The molecule has 1 aromatic rings. The van der Waals surface area contributed by atoms with Gasteiger partial charge in [-0.15, -0.1) is 0 Å². The molecule has 4 saturated carbocycles. The normalized spacial score (nSPS) is 39.8. The molecule has 5 heteroatoms. The van der Waals surface area contributed by atoms with Crippen LogP contribution < -0.4 is 4.74 Å². The maximum atomic E-state index is 13.1. The summed E-state index contributed by atoms with van der Waals surface area (Å²) in [5, 5.41) is 2.65. The minimum absolute atomic E-state index is 0.000895. The van der Waals surface area contributed by atoms with E-state index in [1.807, 2.05) is 10.3 Å². The highest BCUT2D eigenvalue weighted by molar-refractivity contribution is 7.11. The van der Waals surface area contributed by atoms with Gasteiger partial charge in [0.1, 0.15) is 6.10 Å². The van der Waals surface area contributed by atoms with Crippen molar-refractivity contribution in [1.29, 1.82) is 0 Å². The molecule has 1 amide bonds. The van der Waals surface area contributed by atoms with Crippen molar-refractivity contribution in [3.63, 3.8) is 0 Å². The van der Waals surface area contributed by atoms with Crippen molar-refractivity contribution in [3.05, 3.63) is 11.6 Å². The lowest BCUT2D eigenvalue weighted by molar-refractivity contribution is -0.166. The van der Waals surface area contributed by atoms with Crippen LogP contribution in [0, 0.1) is 23.2 Å². The molecule has 22 heavy (non-hydrogen) atoms. The smallest absolute Gasteiger partial charge is 0.273 e. The molecule has 4 bridgehead atoms. The van der Waals surface area contributed by atoms with Crippen molar-refractivity contribution in [3.8, 4) is 5.19 Å². The van der Waals surface area contributed by atoms with Crippen LogP contribution in [-0.4, -0.2) is 35.0 Å². The number of ether oxygens (including phenoxy) is 1. The van der Waals surface area contributed by atoms with Crippen molar-refractivity contribution in [2.24, 2.45) is 23.2 Å². The van der Waals surface area contributed by atoms with Gasteiger partial charge in [0.05, 0.1) is 18.5 Å². The quantitative estimate of drug-likeness (QED) is 0.860. The second-order valence-corrected chi connectivity index (χ2v) is 8.80. The fourth-order valence-electron chi connectivity index (χ4n) is 5.80. The van der Waals surface area contributed by atoms with Gasteiger partial charge in [0.2, 0.25) is 5.91 Å². The summed E-state index contributed by atoms with van der Waals surface area (Å²) in [7, 11) is 0. The van der Waals surface area contributed by atoms with Crippen LogP contribution in [0.4, 0.5) is 0 Å². The van der Waals surface area contributed by atoms with Crippen LogP contribution in [0.25, 0.3) is 0 Å². The molecule has 4 aliphatic carbocycles. The summed E-state index contributed by atoms with van der Waals surface area (Å²) >= 11 is 1.52. The van der Waals surface area contributed by atoms with Crippen LogP contribution in [-0.2, 0) is 4.79 Å². The van der Waals surface area contributed by atoms with Gasteiger partial charge in [-0.05, 0) is 56.3 Å². The average molecular weight is 318 g/mol. The third-order valence-corrected chi connectivity index (χ3v) is 6.97. The number of hydrogen-bond donors (Lipinski definition) is 0. The third kappa shape index (κ3) is 2.01. The Balaban J connectivity index is 1.25. The molecular weight excluding hydrogens is 296 g/mol. The second-order valence-electron chi connectivity index (χ2n) is 7.95. The Kier molecular flexibility index (Phi) is 2.85. The average Bonchev–Trinajstić information content (AvgIpc) is 2.93. The van der Waals surface area contributed by atoms with E-state index in [9.17, 15) is 4.79 Å². The lowest BCUT2D eigenvalue weighted by atomic mass is 9.49. The summed E-state index contributed by atoms with van der Waals surface area (Å²) in [6.45, 7) is 1.50. The predicted molar refractivity (Wildman–Crippen MR) is 83.7 cm³/mol. The number of carbonyl (C=O) groups is 1. The monoisotopic (exact) mass is 318 g/mol. The summed E-state index contributed by atoms with van der Waals surface area (Å²) in [4.78, 5) is 19.3. The fourth-order valence-corrected chi connectivity index (χ4v) is 6.35. The van der Waals surface area contributed by atoms with Crippen LogP contribution in [0.3, 0.4) is 0 Å². The molecule has 118 valence electrons. The number of hydrogen-bond acceptors (Lipinski definition) is 4. The molecule has 5 aliphatic rings. The minimum atomic E-state index is 0.000895. The molecule has 0 spiro atoms. The molecule has 4 nitrogen and oxygen atoms in total. The summed E-state index contributed by atoms with van der Waals surface area (Å²) in [6, 6.07) is 0. The standard InChI is InChI=1S/C17H22N2O2S/c20-15(19-9-14(10-19)21-16-18-1-2-22-16)17-6-11-3-12(7-17)5-13(4-11)8-17/h1-2,11-14H,3-10H2. The van der Waals surface area contributed by atoms with Crippen LogP contribution in [0.5, 0.6) is 5.19 Å². The highest BCUT2D eigenvalue weighted by Crippen LogP contribution is 2.60. The highest BCUT2D eigenvalue weighted by Gasteiger charge is 2.56. The summed E-state index contributed by atoms with van der Waals surface area (Å²) in [5.41, 5.74) is 0.000895. The molecule has 0 aromatic carbocycles. The van der Waals surface area contributed by atoms with E-state index in [4.69, 9.17) is 4.74 Å². The molecule has 0 radical (unpaired) electrons. The molecule has 0 N–H and O–H groups in total. The van der Waals surface area contributed by atoms with Crippen LogP contribution in [0.1, 0.15) is 38.5 Å². The topological polar surface area (TPSA) is 42.4 Å². The number of likely N-dealkylation sites (tertiary alicyclic amines) is 1. The van der Waals surface area contributed by atoms with Crippen molar-refractivity contribution >= 4 is 17.2 Å². The number of nitrogens with zero attached hydrogens (tertiary/aromatic N) is 2. The first-order chi connectivity index (χ1) is 10.7. The molecule has 1 aromatic heterocycles. The zero-order valence-corrected chi connectivity index (χ0v) is 13.6. The Hall–Kier alpha value is -1.10. The molecule has 6 rings (SSSR count). The maximum absolute atomic E-state index is 13.1. The minimum Gasteiger partial charge on any atom is -0.463 e. The lowest BCUT2D eigenvalue weighted by Crippen LogP contribution is -2.62. The van der Waals surface area contributed by atoms with E-state index in [0.29, 0.717) is 5.91 Å². The Morgan fingerprint density at radius 1 is 1.18 bits per heavy atom. The van der Waals surface area contributed by atoms with Gasteiger partial charge in [0.25, 0.3) is 5.19 Å². The number of amides is 1. The summed E-state index contributed by atoms with van der Waals surface area (Å²) in [6.07, 6.45) is 9.55. The van der Waals surface area contributed by atoms with Gasteiger partial charge < -0.3 is 9.64 Å². The number of aromatic nitrogens is 1. The Bertz CT molecular complexity index is 544. The van der Waals surface area contributed by atoms with Crippen LogP contribution in [0.15, 0.2) is 11.6 Å². The van der Waals surface area contributed by atoms with E-state index in [0.717, 1.165) is 55.3 Å². The number of carbonyl (C=O) groups excluding carboxylic acids is 1. The summed E-state index contributed by atoms with van der Waals surface area (Å²) < 4.78 is 5.80. The first-order valence-electron chi connectivity index (χ1n) is 8.56. The first-order valence-corrected chi connectivity index (χ1v) is 9.44. The Morgan fingerprint density at radius 2 is 1.82 bits per heavy atom. The first kappa shape index (κ1) is 13.3. The van der Waals surface area contributed by atoms with E-state index in [1.54, 1.807) is 6.20 Å². The predicted octanol–water partition coefficient (Wildman–Crippen LogP) is 2.95. The van der Waals surface area contributed by atoms with Gasteiger partial charge in [0.15, 0.2) is 0 Å². The molecule has 0 unspecified atom stereocenters. The van der Waals surface area contributed by atoms with E-state index in [-0.39, 0.29) is 11.5 Å². The van der Waals surface area contributed by atoms with E-state index in [2.05, 4.69) is 4.98 Å². The van der Waals surface area contributed by atoms with Crippen LogP contribution >= 0.6 is 11.3 Å². The molecule has 2 heterocycles. The number of rotatable bonds is 3. The van der Waals surface area contributed by atoms with Crippen molar-refractivity contribution in [2.75, 3.05) is 13.1 Å². The Labute approximate surface area is 134 Å². The van der Waals surface area contributed by atoms with Gasteiger partial charge in [-0.1, -0.05) is 11.3 Å². The molecule has 1 aliphatic heterocycles. The molecular formula is C17H22N2O2S. The van der Waals surface area contributed by atoms with E-state index >= 15 is 0 Å². The second kappa shape index (κ2) is 4.70. The van der Waals surface area contributed by atoms with E-state index in [1.165, 1.54) is 30.6 Å². The molecule has 5 fully saturated rings. The third-order valence-electron chi connectivity index (χ3n) is 6.30. The van der Waals surface area contributed by atoms with Crippen molar-refractivity contribution in [2.45, 2.75) is 44.6 Å². The lowest BCUT2D eigenvalue weighted by Gasteiger charge is -2.57. The zero-order chi connectivity index (χ0) is 14.7. The van der Waals surface area contributed by atoms with Crippen molar-refractivity contribution < 1.29 is 9.53 Å². The SMILES string of the molecule is O=C(N1CC(Oc2nccs2)C1)C12CC3CC(CC(C3)C1)C2. The van der Waals surface area contributed by atoms with Gasteiger partial charge in [-0.2, -0.15) is 0 Å². The van der Waals surface area contributed by atoms with Gasteiger partial charge in [0, 0.05) is 11.6 Å². The maximum Gasteiger partial charge on any atom is 0.273 e. The van der Waals surface area contributed by atoms with Gasteiger partial charge in [-0.3, -0.25) is 4.79 Å². The number of thiazole rings is 1. The highest BCUT2D eigenvalue weighted by atomic mass is 32.1. The van der Waals surface area contributed by atoms with E-state index < -0.39 is 0 Å². The largest absolute Gasteiger partial charge is 0.463 e. The molecule has 1 saturated heterocycles. The van der Waals surface area contributed by atoms with Crippen LogP contribution in [0.2, 0.25) is 0 Å². The summed E-state index contributed by atoms with van der Waals surface area (Å²) in [5.74, 6) is 2.93. The Morgan fingerprint density at radius 3 is 2.36 bits per heavy atom. The van der Waals surface area contributed by atoms with Crippen molar-refractivity contribution in [1.82, 2.24) is 9.88 Å². The van der Waals surface area contributed by atoms with Gasteiger partial charge in [-0.25, -0.2) is 4.98 Å². The molecule has 0 atom stereocenters. The zero-order valence-electron chi connectivity index (χ0n) is 12.7. The fraction of sp³-hybridized carbons (Fsp3) is 0.765.